The van der Waals surface area contributed by atoms with E-state index in [4.69, 9.17) is 9.05 Å². The Morgan fingerprint density at radius 1 is 0.515 bits per heavy atom. The number of amides is 1. The maximum atomic E-state index is 13.0. The number of phosphoric acid groups is 1. The first-order chi connectivity index (χ1) is 32.0. The van der Waals surface area contributed by atoms with Crippen molar-refractivity contribution in [3.63, 3.8) is 0 Å². The zero-order valence-electron chi connectivity index (χ0n) is 44.7. The van der Waals surface area contributed by atoms with Crippen molar-refractivity contribution in [1.29, 1.82) is 0 Å². The van der Waals surface area contributed by atoms with Gasteiger partial charge in [0.2, 0.25) is 5.91 Å². The van der Waals surface area contributed by atoms with E-state index < -0.39 is 20.0 Å². The average Bonchev–Trinajstić information content (AvgIpc) is 3.28. The zero-order valence-corrected chi connectivity index (χ0v) is 45.6. The number of rotatable bonds is 53. The second kappa shape index (κ2) is 49.0. The van der Waals surface area contributed by atoms with Crippen molar-refractivity contribution in [1.82, 2.24) is 5.32 Å². The van der Waals surface area contributed by atoms with Gasteiger partial charge in [-0.1, -0.05) is 256 Å². The minimum Gasteiger partial charge on any atom is -0.756 e. The molecule has 0 bridgehead atoms. The third-order valence-electron chi connectivity index (χ3n) is 13.2. The highest BCUT2D eigenvalue weighted by Crippen LogP contribution is 2.38. The van der Waals surface area contributed by atoms with Gasteiger partial charge in [0.1, 0.15) is 13.2 Å². The largest absolute Gasteiger partial charge is 0.756 e. The Labute approximate surface area is 411 Å². The highest BCUT2D eigenvalue weighted by molar-refractivity contribution is 7.45. The number of quaternary nitrogens is 1. The van der Waals surface area contributed by atoms with Gasteiger partial charge in [-0.2, -0.15) is 0 Å². The SMILES string of the molecule is CCCCCCCCCCCCCC/C=C\CCCCCCCCCCCC(=O)NC(COP(=O)([O-])OCC[N+](C)(C)C)C(O)/C=C/CCCCCCCCCCCCCCCCCCC. The summed E-state index contributed by atoms with van der Waals surface area (Å²) in [7, 11) is 1.27. The van der Waals surface area contributed by atoms with Crippen molar-refractivity contribution in [2.75, 3.05) is 40.9 Å². The second-order valence-electron chi connectivity index (χ2n) is 21.0. The number of nitrogens with one attached hydrogen (secondary N) is 1. The molecule has 0 aliphatic rings. The molecule has 8 nitrogen and oxygen atoms in total. The van der Waals surface area contributed by atoms with Crippen LogP contribution in [0.15, 0.2) is 24.3 Å². The van der Waals surface area contributed by atoms with Crippen molar-refractivity contribution in [3.8, 4) is 0 Å². The molecule has 0 saturated heterocycles. The molecule has 0 spiro atoms. The first kappa shape index (κ1) is 65.0. The van der Waals surface area contributed by atoms with Gasteiger partial charge in [0.15, 0.2) is 0 Å². The van der Waals surface area contributed by atoms with Crippen molar-refractivity contribution >= 4 is 13.7 Å². The molecule has 0 aromatic heterocycles. The summed E-state index contributed by atoms with van der Waals surface area (Å²) in [5, 5.41) is 13.9. The van der Waals surface area contributed by atoms with Gasteiger partial charge in [-0.3, -0.25) is 9.36 Å². The molecule has 0 aromatic rings. The molecular formula is C57H113N2O6P. The lowest BCUT2D eigenvalue weighted by Crippen LogP contribution is -2.45. The molecule has 0 aromatic carbocycles. The maximum absolute atomic E-state index is 13.0. The number of allylic oxidation sites excluding steroid dienone is 3. The Morgan fingerprint density at radius 2 is 0.833 bits per heavy atom. The van der Waals surface area contributed by atoms with Gasteiger partial charge < -0.3 is 28.8 Å². The van der Waals surface area contributed by atoms with Crippen LogP contribution in [-0.2, 0) is 18.4 Å². The highest BCUT2D eigenvalue weighted by Gasteiger charge is 2.23. The summed E-state index contributed by atoms with van der Waals surface area (Å²) in [5.74, 6) is -0.195. The molecular weight excluding hydrogens is 840 g/mol. The van der Waals surface area contributed by atoms with Crippen LogP contribution in [-0.4, -0.2) is 68.5 Å². The quantitative estimate of drug-likeness (QED) is 0.0272. The van der Waals surface area contributed by atoms with E-state index in [1.807, 2.05) is 27.2 Å². The van der Waals surface area contributed by atoms with E-state index in [0.29, 0.717) is 17.4 Å². The molecule has 0 heterocycles. The summed E-state index contributed by atoms with van der Waals surface area (Å²) in [4.78, 5) is 25.5. The maximum Gasteiger partial charge on any atom is 0.268 e. The van der Waals surface area contributed by atoms with Crippen LogP contribution in [0.1, 0.15) is 284 Å². The van der Waals surface area contributed by atoms with E-state index in [1.54, 1.807) is 6.08 Å². The first-order valence-corrected chi connectivity index (χ1v) is 30.2. The topological polar surface area (TPSA) is 108 Å². The van der Waals surface area contributed by atoms with Gasteiger partial charge in [-0.15, -0.1) is 0 Å². The van der Waals surface area contributed by atoms with Crippen molar-refractivity contribution < 1.29 is 32.9 Å². The number of carbonyl (C=O) groups excluding carboxylic acids is 1. The van der Waals surface area contributed by atoms with E-state index >= 15 is 0 Å². The summed E-state index contributed by atoms with van der Waals surface area (Å²) >= 11 is 0. The third kappa shape index (κ3) is 50.8. The molecule has 2 N–H and O–H groups in total. The summed E-state index contributed by atoms with van der Waals surface area (Å²) in [6.07, 6.45) is 61.0. The van der Waals surface area contributed by atoms with Crippen LogP contribution in [0.5, 0.6) is 0 Å². The summed E-state index contributed by atoms with van der Waals surface area (Å²) in [5.41, 5.74) is 0. The zero-order chi connectivity index (χ0) is 48.5. The number of aliphatic hydroxyl groups excluding tert-OH is 1. The minimum absolute atomic E-state index is 0.000300. The standard InChI is InChI=1S/C57H113N2O6P/c1-6-8-10-12-14-16-18-20-22-24-26-27-28-29-30-31-33-35-37-39-41-43-45-47-49-51-57(61)58-55(54-65-66(62,63)64-53-52-59(3,4)5)56(60)50-48-46-44-42-40-38-36-34-32-25-23-21-19-17-15-13-11-9-7-2/h29-30,48,50,55-56,60H,6-28,31-47,49,51-54H2,1-5H3,(H-,58,61,62,63)/b30-29-,50-48+. The van der Waals surface area contributed by atoms with Crippen molar-refractivity contribution in [3.05, 3.63) is 24.3 Å². The molecule has 392 valence electrons. The molecule has 0 rings (SSSR count). The van der Waals surface area contributed by atoms with Crippen LogP contribution in [0.25, 0.3) is 0 Å². The molecule has 9 heteroatoms. The molecule has 3 unspecified atom stereocenters. The Bertz CT molecular complexity index is 1130. The third-order valence-corrected chi connectivity index (χ3v) is 14.1. The minimum atomic E-state index is -4.59. The first-order valence-electron chi connectivity index (χ1n) is 28.7. The van der Waals surface area contributed by atoms with E-state index in [2.05, 4.69) is 31.3 Å². The van der Waals surface area contributed by atoms with Crippen LogP contribution in [0.2, 0.25) is 0 Å². The lowest BCUT2D eigenvalue weighted by atomic mass is 10.0. The Balaban J connectivity index is 4.20. The number of nitrogens with zero attached hydrogens (tertiary/aromatic N) is 1. The summed E-state index contributed by atoms with van der Waals surface area (Å²) in [6.45, 7) is 4.69. The van der Waals surface area contributed by atoms with Gasteiger partial charge >= 0.3 is 0 Å². The van der Waals surface area contributed by atoms with E-state index in [-0.39, 0.29) is 19.1 Å². The van der Waals surface area contributed by atoms with Crippen molar-refractivity contribution in [2.24, 2.45) is 0 Å². The fraction of sp³-hybridized carbons (Fsp3) is 0.912. The smallest absolute Gasteiger partial charge is 0.268 e. The average molecular weight is 954 g/mol. The van der Waals surface area contributed by atoms with Gasteiger partial charge in [0, 0.05) is 6.42 Å². The monoisotopic (exact) mass is 953 g/mol. The van der Waals surface area contributed by atoms with Crippen LogP contribution in [0, 0.1) is 0 Å². The van der Waals surface area contributed by atoms with Crippen LogP contribution < -0.4 is 10.2 Å². The summed E-state index contributed by atoms with van der Waals surface area (Å²) in [6, 6.07) is -0.886. The van der Waals surface area contributed by atoms with Crippen molar-refractivity contribution in [2.45, 2.75) is 296 Å². The molecule has 0 saturated carbocycles. The molecule has 0 fully saturated rings. The summed E-state index contributed by atoms with van der Waals surface area (Å²) < 4.78 is 23.3. The van der Waals surface area contributed by atoms with E-state index in [9.17, 15) is 19.4 Å². The van der Waals surface area contributed by atoms with Gasteiger partial charge in [0.25, 0.3) is 7.82 Å². The molecule has 0 aliphatic carbocycles. The normalized spacial score (nSPS) is 14.1. The predicted octanol–water partition coefficient (Wildman–Crippen LogP) is 16.6. The van der Waals surface area contributed by atoms with E-state index in [1.165, 1.54) is 225 Å². The van der Waals surface area contributed by atoms with Gasteiger partial charge in [0.05, 0.1) is 39.9 Å². The molecule has 3 atom stereocenters. The number of hydrogen-bond acceptors (Lipinski definition) is 6. The Morgan fingerprint density at radius 3 is 1.18 bits per heavy atom. The lowest BCUT2D eigenvalue weighted by molar-refractivity contribution is -0.870. The second-order valence-corrected chi connectivity index (χ2v) is 22.4. The van der Waals surface area contributed by atoms with E-state index in [0.717, 1.165) is 38.5 Å². The predicted molar refractivity (Wildman–Crippen MR) is 284 cm³/mol. The van der Waals surface area contributed by atoms with Crippen LogP contribution in [0.4, 0.5) is 0 Å². The van der Waals surface area contributed by atoms with Crippen LogP contribution in [0.3, 0.4) is 0 Å². The lowest BCUT2D eigenvalue weighted by Gasteiger charge is -2.29. The number of phosphoric ester groups is 1. The Kier molecular flexibility index (Phi) is 48.2. The number of likely N-dealkylation sites (N-methyl/N-ethyl adjacent to an activating group) is 1. The molecule has 66 heavy (non-hydrogen) atoms. The molecule has 1 amide bonds. The fourth-order valence-corrected chi connectivity index (χ4v) is 9.34. The number of aliphatic hydroxyl groups is 1. The molecule has 0 aliphatic heterocycles. The highest BCUT2D eigenvalue weighted by atomic mass is 31.2. The van der Waals surface area contributed by atoms with Gasteiger partial charge in [-0.05, 0) is 44.9 Å². The fourth-order valence-electron chi connectivity index (χ4n) is 8.62. The number of carbonyl (C=O) groups is 1. The molecule has 0 radical (unpaired) electrons. The number of unbranched alkanes of at least 4 members (excludes halogenated alkanes) is 38. The Hall–Kier alpha value is -1.02. The number of hydrogen-bond donors (Lipinski definition) is 2. The van der Waals surface area contributed by atoms with Gasteiger partial charge in [-0.25, -0.2) is 0 Å². The van der Waals surface area contributed by atoms with Crippen LogP contribution >= 0.6 is 7.82 Å².